The van der Waals surface area contributed by atoms with Gasteiger partial charge in [-0.3, -0.25) is 4.79 Å². The lowest BCUT2D eigenvalue weighted by Crippen LogP contribution is -2.17. The highest BCUT2D eigenvalue weighted by atomic mass is 79.9. The zero-order chi connectivity index (χ0) is 19.9. The molecule has 28 heavy (non-hydrogen) atoms. The van der Waals surface area contributed by atoms with Gasteiger partial charge in [-0.1, -0.05) is 22.0 Å². The van der Waals surface area contributed by atoms with E-state index in [1.54, 1.807) is 12.1 Å². The van der Waals surface area contributed by atoms with Crippen LogP contribution in [0.1, 0.15) is 15.9 Å². The van der Waals surface area contributed by atoms with E-state index in [4.69, 9.17) is 0 Å². The van der Waals surface area contributed by atoms with Crippen molar-refractivity contribution in [1.29, 1.82) is 0 Å². The Hall–Kier alpha value is -3.39. The minimum atomic E-state index is -0.499. The minimum Gasteiger partial charge on any atom is -0.507 e. The number of benzene rings is 3. The fourth-order valence-corrected chi connectivity index (χ4v) is 2.57. The Balaban J connectivity index is 1.70. The minimum absolute atomic E-state index is 0.0267. The number of nitrogens with zero attached hydrogens (tertiary/aromatic N) is 3. The maximum Gasteiger partial charge on any atom is 0.271 e. The van der Waals surface area contributed by atoms with Crippen LogP contribution in [0.15, 0.2) is 86.5 Å². The van der Waals surface area contributed by atoms with Gasteiger partial charge in [-0.2, -0.15) is 15.3 Å². The molecule has 6 nitrogen and oxygen atoms in total. The summed E-state index contributed by atoms with van der Waals surface area (Å²) in [5.74, 6) is -0.957. The van der Waals surface area contributed by atoms with Crippen molar-refractivity contribution in [2.45, 2.75) is 0 Å². The Labute approximate surface area is 168 Å². The van der Waals surface area contributed by atoms with Gasteiger partial charge in [-0.15, -0.1) is 0 Å². The van der Waals surface area contributed by atoms with Crippen LogP contribution in [0, 0.1) is 5.82 Å². The van der Waals surface area contributed by atoms with Gasteiger partial charge >= 0.3 is 0 Å². The lowest BCUT2D eigenvalue weighted by Gasteiger charge is -2.02. The number of nitrogens with one attached hydrogen (secondary N) is 1. The Morgan fingerprint density at radius 3 is 2.43 bits per heavy atom. The van der Waals surface area contributed by atoms with E-state index < -0.39 is 11.7 Å². The average Bonchev–Trinajstić information content (AvgIpc) is 2.69. The van der Waals surface area contributed by atoms with Crippen molar-refractivity contribution in [2.24, 2.45) is 15.3 Å². The largest absolute Gasteiger partial charge is 0.507 e. The molecule has 0 bridgehead atoms. The van der Waals surface area contributed by atoms with E-state index in [2.05, 4.69) is 36.7 Å². The van der Waals surface area contributed by atoms with Crippen LogP contribution in [0.5, 0.6) is 5.75 Å². The third kappa shape index (κ3) is 5.31. The summed E-state index contributed by atoms with van der Waals surface area (Å²) in [6.45, 7) is 0. The normalized spacial score (nSPS) is 11.2. The number of amides is 1. The van der Waals surface area contributed by atoms with Crippen LogP contribution in [0.3, 0.4) is 0 Å². The monoisotopic (exact) mass is 440 g/mol. The van der Waals surface area contributed by atoms with Crippen molar-refractivity contribution in [3.05, 3.63) is 88.1 Å². The predicted octanol–water partition coefficient (Wildman–Crippen LogP) is 5.47. The molecule has 1 amide bonds. The predicted molar refractivity (Wildman–Crippen MR) is 108 cm³/mol. The summed E-state index contributed by atoms with van der Waals surface area (Å²) in [6.07, 6.45) is 1.29. The number of aromatic hydroxyl groups is 1. The van der Waals surface area contributed by atoms with Crippen molar-refractivity contribution < 1.29 is 14.3 Å². The highest BCUT2D eigenvalue weighted by Crippen LogP contribution is 2.25. The lowest BCUT2D eigenvalue weighted by atomic mass is 10.2. The molecule has 2 N–H and O–H groups in total. The second-order valence-corrected chi connectivity index (χ2v) is 6.54. The molecule has 0 aromatic heterocycles. The first-order valence-electron chi connectivity index (χ1n) is 8.10. The summed E-state index contributed by atoms with van der Waals surface area (Å²) < 4.78 is 13.8. The molecule has 0 saturated heterocycles. The van der Waals surface area contributed by atoms with E-state index in [1.165, 1.54) is 36.5 Å². The molecule has 0 spiro atoms. The van der Waals surface area contributed by atoms with Crippen LogP contribution in [0.2, 0.25) is 0 Å². The molecule has 3 aromatic carbocycles. The van der Waals surface area contributed by atoms with Crippen molar-refractivity contribution in [3.8, 4) is 5.75 Å². The van der Waals surface area contributed by atoms with Crippen molar-refractivity contribution in [3.63, 3.8) is 0 Å². The molecule has 0 aliphatic heterocycles. The summed E-state index contributed by atoms with van der Waals surface area (Å²) in [6, 6.07) is 17.1. The average molecular weight is 441 g/mol. The number of halogens is 2. The first-order chi connectivity index (χ1) is 13.5. The topological polar surface area (TPSA) is 86.4 Å². The zero-order valence-electron chi connectivity index (χ0n) is 14.4. The van der Waals surface area contributed by atoms with Gasteiger partial charge in [0.2, 0.25) is 0 Å². The Kier molecular flexibility index (Phi) is 6.23. The number of phenols is 1. The van der Waals surface area contributed by atoms with Crippen LogP contribution >= 0.6 is 15.9 Å². The molecule has 3 rings (SSSR count). The Morgan fingerprint density at radius 1 is 1.00 bits per heavy atom. The van der Waals surface area contributed by atoms with Crippen molar-refractivity contribution >= 4 is 39.4 Å². The van der Waals surface area contributed by atoms with Gasteiger partial charge in [0.25, 0.3) is 5.91 Å². The second-order valence-electron chi connectivity index (χ2n) is 5.63. The van der Waals surface area contributed by atoms with E-state index in [-0.39, 0.29) is 11.3 Å². The van der Waals surface area contributed by atoms with Gasteiger partial charge < -0.3 is 5.11 Å². The molecule has 0 heterocycles. The molecule has 0 fully saturated rings. The van der Waals surface area contributed by atoms with Crippen LogP contribution < -0.4 is 5.43 Å². The van der Waals surface area contributed by atoms with Gasteiger partial charge in [-0.25, -0.2) is 9.82 Å². The van der Waals surface area contributed by atoms with Gasteiger partial charge in [0.05, 0.1) is 17.6 Å². The summed E-state index contributed by atoms with van der Waals surface area (Å²) in [5, 5.41) is 22.0. The van der Waals surface area contributed by atoms with Crippen LogP contribution in [-0.2, 0) is 0 Å². The van der Waals surface area contributed by atoms with Gasteiger partial charge in [0.15, 0.2) is 0 Å². The lowest BCUT2D eigenvalue weighted by molar-refractivity contribution is 0.0955. The maximum absolute atomic E-state index is 12.9. The first kappa shape index (κ1) is 19.4. The molecule has 0 aliphatic rings. The highest BCUT2D eigenvalue weighted by molar-refractivity contribution is 9.10. The Morgan fingerprint density at radius 2 is 1.71 bits per heavy atom. The van der Waals surface area contributed by atoms with E-state index >= 15 is 0 Å². The standard InChI is InChI=1S/C20H14BrFN4O2/c21-15-2-1-3-17(11-15)24-25-18-8-9-19(27)14(10-18)12-23-26-20(28)13-4-6-16(22)7-5-13/h1-12,27H,(H,26,28). The third-order valence-corrected chi connectivity index (χ3v) is 4.07. The smallest absolute Gasteiger partial charge is 0.271 e. The summed E-state index contributed by atoms with van der Waals surface area (Å²) in [5.41, 5.74) is 4.10. The number of hydrogen-bond acceptors (Lipinski definition) is 5. The van der Waals surface area contributed by atoms with Gasteiger partial charge in [0, 0.05) is 15.6 Å². The summed E-state index contributed by atoms with van der Waals surface area (Å²) in [4.78, 5) is 11.9. The number of phenolic OH excluding ortho intramolecular Hbond substituents is 1. The molecule has 0 radical (unpaired) electrons. The number of rotatable bonds is 5. The zero-order valence-corrected chi connectivity index (χ0v) is 16.0. The number of carbonyl (C=O) groups excluding carboxylic acids is 1. The number of hydrogen-bond donors (Lipinski definition) is 2. The van der Waals surface area contributed by atoms with E-state index in [0.29, 0.717) is 16.9 Å². The number of azo groups is 1. The van der Waals surface area contributed by atoms with Crippen molar-refractivity contribution in [2.75, 3.05) is 0 Å². The molecule has 0 unspecified atom stereocenters. The first-order valence-corrected chi connectivity index (χ1v) is 8.90. The molecule has 0 atom stereocenters. The van der Waals surface area contributed by atoms with Crippen LogP contribution in [-0.4, -0.2) is 17.2 Å². The van der Waals surface area contributed by atoms with E-state index in [9.17, 15) is 14.3 Å². The highest BCUT2D eigenvalue weighted by Gasteiger charge is 2.05. The molecule has 0 saturated carbocycles. The number of hydrazone groups is 1. The van der Waals surface area contributed by atoms with E-state index in [0.717, 1.165) is 4.47 Å². The molecule has 0 aliphatic carbocycles. The number of carbonyl (C=O) groups is 1. The fourth-order valence-electron chi connectivity index (χ4n) is 2.19. The van der Waals surface area contributed by atoms with Crippen LogP contribution in [0.4, 0.5) is 15.8 Å². The quantitative estimate of drug-likeness (QED) is 0.312. The SMILES string of the molecule is O=C(NN=Cc1cc(N=Nc2cccc(Br)c2)ccc1O)c1ccc(F)cc1. The van der Waals surface area contributed by atoms with Crippen LogP contribution in [0.25, 0.3) is 0 Å². The van der Waals surface area contributed by atoms with E-state index in [1.807, 2.05) is 24.3 Å². The molecule has 140 valence electrons. The molecule has 3 aromatic rings. The second kappa shape index (κ2) is 9.01. The van der Waals surface area contributed by atoms with Gasteiger partial charge in [0.1, 0.15) is 11.6 Å². The molecule has 8 heteroatoms. The summed E-state index contributed by atoms with van der Waals surface area (Å²) >= 11 is 3.36. The Bertz CT molecular complexity index is 1050. The third-order valence-electron chi connectivity index (χ3n) is 3.58. The van der Waals surface area contributed by atoms with Gasteiger partial charge in [-0.05, 0) is 60.7 Å². The summed E-state index contributed by atoms with van der Waals surface area (Å²) in [7, 11) is 0. The van der Waals surface area contributed by atoms with Crippen molar-refractivity contribution in [1.82, 2.24) is 5.43 Å². The fraction of sp³-hybridized carbons (Fsp3) is 0. The molecular weight excluding hydrogens is 427 g/mol. The maximum atomic E-state index is 12.9. The molecular formula is C20H14BrFN4O2.